The van der Waals surface area contributed by atoms with Crippen molar-refractivity contribution in [3.63, 3.8) is 0 Å². The van der Waals surface area contributed by atoms with Crippen LogP contribution >= 0.6 is 11.6 Å². The standard InChI is InChI=1S/C15H17Cl/c1-2-12(11-16)10-14-8-5-7-13-6-3-4-9-15(13)14/h3-9,12H,2,10-11H2,1H3. The van der Waals surface area contributed by atoms with Crippen molar-refractivity contribution in [3.8, 4) is 0 Å². The molecule has 0 nitrogen and oxygen atoms in total. The second-order valence-corrected chi connectivity index (χ2v) is 4.58. The highest BCUT2D eigenvalue weighted by atomic mass is 35.5. The molecule has 0 heterocycles. The van der Waals surface area contributed by atoms with E-state index in [4.69, 9.17) is 11.6 Å². The second kappa shape index (κ2) is 5.36. The van der Waals surface area contributed by atoms with E-state index in [0.717, 1.165) is 18.7 Å². The largest absolute Gasteiger partial charge is 0.126 e. The SMILES string of the molecule is CCC(CCl)Cc1cccc2ccccc12. The Kier molecular flexibility index (Phi) is 3.84. The van der Waals surface area contributed by atoms with Crippen LogP contribution in [0.25, 0.3) is 10.8 Å². The summed E-state index contributed by atoms with van der Waals surface area (Å²) in [6, 6.07) is 15.1. The van der Waals surface area contributed by atoms with Crippen LogP contribution in [0.1, 0.15) is 18.9 Å². The molecule has 0 radical (unpaired) electrons. The fourth-order valence-electron chi connectivity index (χ4n) is 2.09. The summed E-state index contributed by atoms with van der Waals surface area (Å²) in [6.07, 6.45) is 2.23. The van der Waals surface area contributed by atoms with E-state index >= 15 is 0 Å². The maximum absolute atomic E-state index is 5.97. The quantitative estimate of drug-likeness (QED) is 0.674. The molecule has 0 amide bonds. The molecule has 0 aliphatic rings. The van der Waals surface area contributed by atoms with E-state index in [1.807, 2.05) is 0 Å². The summed E-state index contributed by atoms with van der Waals surface area (Å²) >= 11 is 5.97. The van der Waals surface area contributed by atoms with Gasteiger partial charge in [0, 0.05) is 5.88 Å². The molecule has 0 N–H and O–H groups in total. The average molecular weight is 233 g/mol. The highest BCUT2D eigenvalue weighted by Gasteiger charge is 2.08. The summed E-state index contributed by atoms with van der Waals surface area (Å²) in [7, 11) is 0. The normalized spacial score (nSPS) is 12.9. The Bertz CT molecular complexity index is 452. The van der Waals surface area contributed by atoms with Crippen LogP contribution in [0, 0.1) is 5.92 Å². The van der Waals surface area contributed by atoms with Crippen LogP contribution in [-0.2, 0) is 6.42 Å². The Labute approximate surface area is 102 Å². The lowest BCUT2D eigenvalue weighted by molar-refractivity contribution is 0.569. The lowest BCUT2D eigenvalue weighted by atomic mass is 9.94. The van der Waals surface area contributed by atoms with Crippen molar-refractivity contribution in [2.45, 2.75) is 19.8 Å². The van der Waals surface area contributed by atoms with E-state index in [9.17, 15) is 0 Å². The Hall–Kier alpha value is -1.01. The van der Waals surface area contributed by atoms with E-state index in [1.54, 1.807) is 0 Å². The Morgan fingerprint density at radius 3 is 2.56 bits per heavy atom. The molecule has 0 aliphatic heterocycles. The molecule has 0 saturated carbocycles. The highest BCUT2D eigenvalue weighted by molar-refractivity contribution is 6.18. The van der Waals surface area contributed by atoms with Crippen molar-refractivity contribution in [1.29, 1.82) is 0 Å². The number of fused-ring (bicyclic) bond motifs is 1. The third-order valence-electron chi connectivity index (χ3n) is 3.18. The van der Waals surface area contributed by atoms with Crippen molar-refractivity contribution >= 4 is 22.4 Å². The fraction of sp³-hybridized carbons (Fsp3) is 0.333. The predicted octanol–water partition coefficient (Wildman–Crippen LogP) is 4.65. The summed E-state index contributed by atoms with van der Waals surface area (Å²) in [4.78, 5) is 0. The van der Waals surface area contributed by atoms with Crippen molar-refractivity contribution in [1.82, 2.24) is 0 Å². The summed E-state index contributed by atoms with van der Waals surface area (Å²) in [5.41, 5.74) is 1.42. The molecule has 2 rings (SSSR count). The number of halogens is 1. The molecule has 1 heteroatoms. The fourth-order valence-corrected chi connectivity index (χ4v) is 2.42. The van der Waals surface area contributed by atoms with Gasteiger partial charge in [0.05, 0.1) is 0 Å². The van der Waals surface area contributed by atoms with Crippen LogP contribution in [-0.4, -0.2) is 5.88 Å². The predicted molar refractivity (Wildman–Crippen MR) is 72.2 cm³/mol. The van der Waals surface area contributed by atoms with Crippen molar-refractivity contribution in [2.75, 3.05) is 5.88 Å². The zero-order valence-electron chi connectivity index (χ0n) is 9.62. The smallest absolute Gasteiger partial charge is 0.0254 e. The van der Waals surface area contributed by atoms with E-state index < -0.39 is 0 Å². The summed E-state index contributed by atoms with van der Waals surface area (Å²) in [5.74, 6) is 1.34. The monoisotopic (exact) mass is 232 g/mol. The van der Waals surface area contributed by atoms with E-state index in [0.29, 0.717) is 5.92 Å². The van der Waals surface area contributed by atoms with Crippen LogP contribution in [0.2, 0.25) is 0 Å². The van der Waals surface area contributed by atoms with Crippen LogP contribution in [0.5, 0.6) is 0 Å². The number of benzene rings is 2. The van der Waals surface area contributed by atoms with Gasteiger partial charge in [0.15, 0.2) is 0 Å². The molecular weight excluding hydrogens is 216 g/mol. The first-order valence-corrected chi connectivity index (χ1v) is 6.41. The lowest BCUT2D eigenvalue weighted by Gasteiger charge is -2.13. The van der Waals surface area contributed by atoms with Crippen LogP contribution in [0.15, 0.2) is 42.5 Å². The molecule has 0 aromatic heterocycles. The Morgan fingerprint density at radius 1 is 1.06 bits per heavy atom. The van der Waals surface area contributed by atoms with Gasteiger partial charge in [-0.2, -0.15) is 0 Å². The molecule has 1 atom stereocenters. The van der Waals surface area contributed by atoms with E-state index in [-0.39, 0.29) is 0 Å². The summed E-state index contributed by atoms with van der Waals surface area (Å²) < 4.78 is 0. The number of alkyl halides is 1. The van der Waals surface area contributed by atoms with E-state index in [1.165, 1.54) is 16.3 Å². The zero-order chi connectivity index (χ0) is 11.4. The summed E-state index contributed by atoms with van der Waals surface area (Å²) in [5, 5.41) is 2.69. The van der Waals surface area contributed by atoms with Gasteiger partial charge in [-0.3, -0.25) is 0 Å². The third-order valence-corrected chi connectivity index (χ3v) is 3.62. The molecule has 2 aromatic rings. The van der Waals surface area contributed by atoms with Crippen LogP contribution in [0.3, 0.4) is 0 Å². The van der Waals surface area contributed by atoms with E-state index in [2.05, 4.69) is 49.4 Å². The van der Waals surface area contributed by atoms with Crippen LogP contribution < -0.4 is 0 Å². The molecule has 0 bridgehead atoms. The minimum Gasteiger partial charge on any atom is -0.126 e. The van der Waals surface area contributed by atoms with Gasteiger partial charge in [-0.05, 0) is 28.7 Å². The molecule has 0 spiro atoms. The number of rotatable bonds is 4. The molecular formula is C15H17Cl. The molecule has 84 valence electrons. The topological polar surface area (TPSA) is 0 Å². The van der Waals surface area contributed by atoms with Crippen molar-refractivity contribution in [3.05, 3.63) is 48.0 Å². The zero-order valence-corrected chi connectivity index (χ0v) is 10.4. The van der Waals surface area contributed by atoms with Gasteiger partial charge in [-0.1, -0.05) is 55.8 Å². The van der Waals surface area contributed by atoms with Crippen LogP contribution in [0.4, 0.5) is 0 Å². The molecule has 16 heavy (non-hydrogen) atoms. The van der Waals surface area contributed by atoms with Gasteiger partial charge in [-0.25, -0.2) is 0 Å². The van der Waals surface area contributed by atoms with Gasteiger partial charge in [0.2, 0.25) is 0 Å². The third kappa shape index (κ3) is 2.38. The van der Waals surface area contributed by atoms with Gasteiger partial charge in [0.1, 0.15) is 0 Å². The molecule has 0 fully saturated rings. The maximum atomic E-state index is 5.97. The average Bonchev–Trinajstić information content (AvgIpc) is 2.36. The maximum Gasteiger partial charge on any atom is 0.0254 e. The minimum absolute atomic E-state index is 0.590. The minimum atomic E-state index is 0.590. The molecule has 0 saturated heterocycles. The highest BCUT2D eigenvalue weighted by Crippen LogP contribution is 2.22. The first-order valence-electron chi connectivity index (χ1n) is 5.87. The van der Waals surface area contributed by atoms with Gasteiger partial charge >= 0.3 is 0 Å². The van der Waals surface area contributed by atoms with Crippen molar-refractivity contribution in [2.24, 2.45) is 5.92 Å². The molecule has 2 aromatic carbocycles. The lowest BCUT2D eigenvalue weighted by Crippen LogP contribution is -2.05. The number of hydrogen-bond donors (Lipinski definition) is 0. The molecule has 1 unspecified atom stereocenters. The Morgan fingerprint density at radius 2 is 1.81 bits per heavy atom. The molecule has 0 aliphatic carbocycles. The van der Waals surface area contributed by atoms with Crippen molar-refractivity contribution < 1.29 is 0 Å². The first kappa shape index (κ1) is 11.5. The second-order valence-electron chi connectivity index (χ2n) is 4.27. The van der Waals surface area contributed by atoms with Gasteiger partial charge < -0.3 is 0 Å². The Balaban J connectivity index is 2.36. The van der Waals surface area contributed by atoms with Gasteiger partial charge in [-0.15, -0.1) is 11.6 Å². The summed E-state index contributed by atoms with van der Waals surface area (Å²) in [6.45, 7) is 2.21. The van der Waals surface area contributed by atoms with Gasteiger partial charge in [0.25, 0.3) is 0 Å². The number of hydrogen-bond acceptors (Lipinski definition) is 0. The first-order chi connectivity index (χ1) is 7.85.